The number of hydrogen-bond donors (Lipinski definition) is 1. The first-order chi connectivity index (χ1) is 9.88. The van der Waals surface area contributed by atoms with E-state index in [0.29, 0.717) is 18.0 Å². The van der Waals surface area contributed by atoms with Crippen LogP contribution >= 0.6 is 11.6 Å². The third-order valence-electron chi connectivity index (χ3n) is 2.37. The first-order valence-electron chi connectivity index (χ1n) is 6.00. The zero-order valence-corrected chi connectivity index (χ0v) is 11.7. The Kier molecular flexibility index (Phi) is 4.52. The zero-order chi connectivity index (χ0) is 15.5. The second-order valence-electron chi connectivity index (χ2n) is 3.98. The standard InChI is InChI=1S/C13H11ClF3N3O/c1-2-21-9-5-3-4-8(6-9)18-11-7-10(14)19-12(20-11)13(15,16)17/h3-7H,2H2,1H3,(H,18,19,20). The quantitative estimate of drug-likeness (QED) is 0.854. The molecule has 0 aliphatic heterocycles. The summed E-state index contributed by atoms with van der Waals surface area (Å²) in [4.78, 5) is 6.56. The highest BCUT2D eigenvalue weighted by atomic mass is 35.5. The van der Waals surface area contributed by atoms with Gasteiger partial charge in [-0.25, -0.2) is 9.97 Å². The van der Waals surface area contributed by atoms with E-state index in [1.165, 1.54) is 6.07 Å². The van der Waals surface area contributed by atoms with Crippen molar-refractivity contribution in [3.8, 4) is 5.75 Å². The molecule has 0 radical (unpaired) electrons. The number of aromatic nitrogens is 2. The molecule has 2 rings (SSSR count). The number of nitrogens with zero attached hydrogens (tertiary/aromatic N) is 2. The minimum atomic E-state index is -4.66. The van der Waals surface area contributed by atoms with Crippen LogP contribution in [0.1, 0.15) is 12.7 Å². The molecule has 0 fully saturated rings. The summed E-state index contributed by atoms with van der Waals surface area (Å²) in [6.45, 7) is 2.32. The first-order valence-corrected chi connectivity index (χ1v) is 6.38. The summed E-state index contributed by atoms with van der Waals surface area (Å²) in [6.07, 6.45) is -4.66. The van der Waals surface area contributed by atoms with Gasteiger partial charge >= 0.3 is 6.18 Å². The molecule has 1 N–H and O–H groups in total. The van der Waals surface area contributed by atoms with E-state index in [-0.39, 0.29) is 11.0 Å². The van der Waals surface area contributed by atoms with Gasteiger partial charge in [0, 0.05) is 17.8 Å². The average Bonchev–Trinajstić information content (AvgIpc) is 2.38. The molecule has 0 amide bonds. The molecule has 0 spiro atoms. The van der Waals surface area contributed by atoms with Crippen LogP contribution in [0.3, 0.4) is 0 Å². The number of halogens is 4. The predicted molar refractivity (Wildman–Crippen MR) is 72.9 cm³/mol. The SMILES string of the molecule is CCOc1cccc(Nc2cc(Cl)nc(C(F)(F)F)n2)c1. The normalized spacial score (nSPS) is 11.3. The highest BCUT2D eigenvalue weighted by Gasteiger charge is 2.35. The van der Waals surface area contributed by atoms with Gasteiger partial charge in [-0.1, -0.05) is 17.7 Å². The van der Waals surface area contributed by atoms with Crippen molar-refractivity contribution in [2.45, 2.75) is 13.1 Å². The van der Waals surface area contributed by atoms with E-state index in [0.717, 1.165) is 0 Å². The summed E-state index contributed by atoms with van der Waals surface area (Å²) >= 11 is 5.59. The van der Waals surface area contributed by atoms with Crippen LogP contribution < -0.4 is 10.1 Å². The number of ether oxygens (including phenoxy) is 1. The van der Waals surface area contributed by atoms with Gasteiger partial charge in [0.1, 0.15) is 16.7 Å². The molecular formula is C13H11ClF3N3O. The molecule has 21 heavy (non-hydrogen) atoms. The van der Waals surface area contributed by atoms with Crippen molar-refractivity contribution < 1.29 is 17.9 Å². The minimum Gasteiger partial charge on any atom is -0.494 e. The third-order valence-corrected chi connectivity index (χ3v) is 2.56. The van der Waals surface area contributed by atoms with Gasteiger partial charge in [-0.2, -0.15) is 13.2 Å². The lowest BCUT2D eigenvalue weighted by Gasteiger charge is -2.10. The topological polar surface area (TPSA) is 47.0 Å². The second-order valence-corrected chi connectivity index (χ2v) is 4.37. The maximum Gasteiger partial charge on any atom is 0.451 e. The van der Waals surface area contributed by atoms with Crippen LogP contribution in [0.2, 0.25) is 5.15 Å². The molecule has 0 aliphatic rings. The molecule has 2 aromatic rings. The molecule has 1 aromatic heterocycles. The van der Waals surface area contributed by atoms with Gasteiger partial charge in [-0.15, -0.1) is 0 Å². The second kappa shape index (κ2) is 6.17. The lowest BCUT2D eigenvalue weighted by molar-refractivity contribution is -0.144. The lowest BCUT2D eigenvalue weighted by atomic mass is 10.3. The number of nitrogens with one attached hydrogen (secondary N) is 1. The lowest BCUT2D eigenvalue weighted by Crippen LogP contribution is -2.12. The Balaban J connectivity index is 2.27. The van der Waals surface area contributed by atoms with Crippen molar-refractivity contribution in [2.75, 3.05) is 11.9 Å². The van der Waals surface area contributed by atoms with Crippen molar-refractivity contribution in [1.82, 2.24) is 9.97 Å². The van der Waals surface area contributed by atoms with Gasteiger partial charge in [-0.3, -0.25) is 0 Å². The number of rotatable bonds is 4. The van der Waals surface area contributed by atoms with E-state index >= 15 is 0 Å². The predicted octanol–water partition coefficient (Wildman–Crippen LogP) is 4.29. The number of alkyl halides is 3. The summed E-state index contributed by atoms with van der Waals surface area (Å²) < 4.78 is 43.2. The smallest absolute Gasteiger partial charge is 0.451 e. The highest BCUT2D eigenvalue weighted by molar-refractivity contribution is 6.29. The molecule has 1 heterocycles. The van der Waals surface area contributed by atoms with Crippen molar-refractivity contribution >= 4 is 23.1 Å². The van der Waals surface area contributed by atoms with E-state index in [4.69, 9.17) is 16.3 Å². The van der Waals surface area contributed by atoms with Crippen LogP contribution in [0.15, 0.2) is 30.3 Å². The summed E-state index contributed by atoms with van der Waals surface area (Å²) in [5.74, 6) is -0.742. The van der Waals surface area contributed by atoms with Gasteiger partial charge in [0.25, 0.3) is 0 Å². The van der Waals surface area contributed by atoms with Crippen molar-refractivity contribution in [1.29, 1.82) is 0 Å². The van der Waals surface area contributed by atoms with Crippen molar-refractivity contribution in [3.05, 3.63) is 41.3 Å². The average molecular weight is 318 g/mol. The summed E-state index contributed by atoms with van der Waals surface area (Å²) in [7, 11) is 0. The highest BCUT2D eigenvalue weighted by Crippen LogP contribution is 2.29. The molecule has 112 valence electrons. The molecule has 0 saturated carbocycles. The molecule has 0 aliphatic carbocycles. The van der Waals surface area contributed by atoms with E-state index in [1.807, 2.05) is 6.92 Å². The van der Waals surface area contributed by atoms with Gasteiger partial charge in [-0.05, 0) is 19.1 Å². The van der Waals surface area contributed by atoms with Gasteiger partial charge in [0.2, 0.25) is 5.82 Å². The molecule has 0 unspecified atom stereocenters. The minimum absolute atomic E-state index is 0.0454. The van der Waals surface area contributed by atoms with Crippen LogP contribution in [0.4, 0.5) is 24.7 Å². The Labute approximate surface area is 123 Å². The molecule has 0 atom stereocenters. The fourth-order valence-corrected chi connectivity index (χ4v) is 1.77. The molecule has 0 bridgehead atoms. The molecule has 4 nitrogen and oxygen atoms in total. The first kappa shape index (κ1) is 15.4. The van der Waals surface area contributed by atoms with Crippen LogP contribution in [0.5, 0.6) is 5.75 Å². The Morgan fingerprint density at radius 1 is 1.24 bits per heavy atom. The zero-order valence-electron chi connectivity index (χ0n) is 10.9. The number of anilines is 2. The Morgan fingerprint density at radius 2 is 2.00 bits per heavy atom. The van der Waals surface area contributed by atoms with E-state index in [2.05, 4.69) is 15.3 Å². The fraction of sp³-hybridized carbons (Fsp3) is 0.231. The third kappa shape index (κ3) is 4.22. The Hall–Kier alpha value is -2.02. The maximum absolute atomic E-state index is 12.6. The molecular weight excluding hydrogens is 307 g/mol. The Bertz CT molecular complexity index is 634. The van der Waals surface area contributed by atoms with Crippen LogP contribution in [0.25, 0.3) is 0 Å². The summed E-state index contributed by atoms with van der Waals surface area (Å²) in [6, 6.07) is 7.98. The van der Waals surface area contributed by atoms with Crippen molar-refractivity contribution in [3.63, 3.8) is 0 Å². The maximum atomic E-state index is 12.6. The number of benzene rings is 1. The van der Waals surface area contributed by atoms with E-state index < -0.39 is 12.0 Å². The summed E-state index contributed by atoms with van der Waals surface area (Å²) in [5, 5.41) is 2.45. The van der Waals surface area contributed by atoms with Gasteiger partial charge < -0.3 is 10.1 Å². The fourth-order valence-electron chi connectivity index (χ4n) is 1.59. The molecule has 8 heteroatoms. The van der Waals surface area contributed by atoms with Crippen LogP contribution in [0, 0.1) is 0 Å². The number of hydrogen-bond acceptors (Lipinski definition) is 4. The molecule has 0 saturated heterocycles. The van der Waals surface area contributed by atoms with Crippen molar-refractivity contribution in [2.24, 2.45) is 0 Å². The van der Waals surface area contributed by atoms with Crippen LogP contribution in [-0.2, 0) is 6.18 Å². The largest absolute Gasteiger partial charge is 0.494 e. The monoisotopic (exact) mass is 317 g/mol. The molecule has 1 aromatic carbocycles. The van der Waals surface area contributed by atoms with Crippen LogP contribution in [-0.4, -0.2) is 16.6 Å². The van der Waals surface area contributed by atoms with Gasteiger partial charge in [0.15, 0.2) is 0 Å². The summed E-state index contributed by atoms with van der Waals surface area (Å²) in [5.41, 5.74) is 0.531. The van der Waals surface area contributed by atoms with Gasteiger partial charge in [0.05, 0.1) is 6.61 Å². The van der Waals surface area contributed by atoms with E-state index in [9.17, 15) is 13.2 Å². The Morgan fingerprint density at radius 3 is 2.67 bits per heavy atom. The van der Waals surface area contributed by atoms with E-state index in [1.54, 1.807) is 24.3 Å².